The monoisotopic (exact) mass is 363 g/mol. The zero-order valence-corrected chi connectivity index (χ0v) is 16.1. The average Bonchev–Trinajstić information content (AvgIpc) is 3.37. The molecule has 2 aromatic rings. The molecule has 3 heterocycles. The number of ether oxygens (including phenoxy) is 1. The number of hydrogen-bond donors (Lipinski definition) is 0. The second kappa shape index (κ2) is 6.02. The van der Waals surface area contributed by atoms with Crippen LogP contribution in [0.2, 0.25) is 0 Å². The Balaban J connectivity index is 1.38. The third-order valence-corrected chi connectivity index (χ3v) is 5.95. The molecule has 1 aliphatic carbocycles. The number of nitrogens with zero attached hydrogens (tertiary/aromatic N) is 5. The highest BCUT2D eigenvalue weighted by Crippen LogP contribution is 2.42. The molecule has 0 N–H and O–H groups in total. The summed E-state index contributed by atoms with van der Waals surface area (Å²) < 4.78 is 6.11. The second-order valence-corrected chi connectivity index (χ2v) is 8.23. The van der Waals surface area contributed by atoms with E-state index in [0.29, 0.717) is 6.04 Å². The Bertz CT molecular complexity index is 921. The van der Waals surface area contributed by atoms with Crippen LogP contribution in [-0.2, 0) is 0 Å². The lowest BCUT2D eigenvalue weighted by Gasteiger charge is -2.38. The van der Waals surface area contributed by atoms with Crippen molar-refractivity contribution < 1.29 is 4.74 Å². The minimum absolute atomic E-state index is 0.0233. The van der Waals surface area contributed by atoms with Gasteiger partial charge in [0.25, 0.3) is 0 Å². The fourth-order valence-electron chi connectivity index (χ4n) is 3.66. The topological polar surface area (TPSA) is 53.9 Å². The van der Waals surface area contributed by atoms with Crippen LogP contribution in [0.15, 0.2) is 35.6 Å². The third-order valence-electron chi connectivity index (χ3n) is 5.95. The number of rotatable bonds is 4. The summed E-state index contributed by atoms with van der Waals surface area (Å²) in [6.07, 6.45) is 3.91. The number of piperazine rings is 1. The van der Waals surface area contributed by atoms with Gasteiger partial charge in [-0.15, -0.1) is 0 Å². The molecule has 27 heavy (non-hydrogen) atoms. The Morgan fingerprint density at radius 3 is 2.78 bits per heavy atom. The first-order valence-electron chi connectivity index (χ1n) is 9.70. The van der Waals surface area contributed by atoms with E-state index >= 15 is 0 Å². The van der Waals surface area contributed by atoms with Crippen LogP contribution in [0.25, 0.3) is 0 Å². The Morgan fingerprint density at radius 1 is 1.15 bits per heavy atom. The Kier molecular flexibility index (Phi) is 3.72. The summed E-state index contributed by atoms with van der Waals surface area (Å²) in [6.45, 7) is 7.42. The van der Waals surface area contributed by atoms with Crippen molar-refractivity contribution in [2.75, 3.05) is 31.6 Å². The van der Waals surface area contributed by atoms with Gasteiger partial charge in [-0.05, 0) is 51.9 Å². The van der Waals surface area contributed by atoms with Crippen LogP contribution in [0.1, 0.15) is 37.9 Å². The van der Waals surface area contributed by atoms with E-state index in [0.717, 1.165) is 66.7 Å². The van der Waals surface area contributed by atoms with Crippen LogP contribution in [-0.4, -0.2) is 58.9 Å². The van der Waals surface area contributed by atoms with Crippen LogP contribution in [0.4, 0.5) is 11.5 Å². The molecule has 0 radical (unpaired) electrons. The maximum Gasteiger partial charge on any atom is 0.132 e. The zero-order chi connectivity index (χ0) is 18.6. The van der Waals surface area contributed by atoms with Crippen molar-refractivity contribution in [3.05, 3.63) is 41.9 Å². The van der Waals surface area contributed by atoms with Gasteiger partial charge in [0.15, 0.2) is 0 Å². The quantitative estimate of drug-likeness (QED) is 0.713. The van der Waals surface area contributed by atoms with Crippen molar-refractivity contribution in [3.8, 4) is 5.75 Å². The van der Waals surface area contributed by atoms with E-state index in [-0.39, 0.29) is 5.60 Å². The number of anilines is 1. The molecule has 6 nitrogen and oxygen atoms in total. The van der Waals surface area contributed by atoms with Crippen LogP contribution in [0.3, 0.4) is 0 Å². The first-order valence-corrected chi connectivity index (χ1v) is 9.70. The first kappa shape index (κ1) is 16.7. The van der Waals surface area contributed by atoms with Gasteiger partial charge in [0.05, 0.1) is 17.1 Å². The van der Waals surface area contributed by atoms with E-state index < -0.39 is 0 Å². The van der Waals surface area contributed by atoms with Gasteiger partial charge in [0.2, 0.25) is 0 Å². The van der Waals surface area contributed by atoms with Crippen molar-refractivity contribution in [3.63, 3.8) is 0 Å². The minimum Gasteiger partial charge on any atom is -0.488 e. The van der Waals surface area contributed by atoms with E-state index in [1.807, 2.05) is 12.1 Å². The van der Waals surface area contributed by atoms with Gasteiger partial charge in [0.1, 0.15) is 23.5 Å². The fraction of sp³-hybridized carbons (Fsp3) is 0.476. The number of likely N-dealkylation sites (N-methyl/N-ethyl adjacent to an activating group) is 1. The van der Waals surface area contributed by atoms with Crippen LogP contribution >= 0.6 is 0 Å². The van der Waals surface area contributed by atoms with Crippen molar-refractivity contribution in [1.29, 1.82) is 0 Å². The Labute approximate surface area is 159 Å². The van der Waals surface area contributed by atoms with Crippen molar-refractivity contribution >= 4 is 17.2 Å². The van der Waals surface area contributed by atoms with E-state index in [2.05, 4.69) is 57.8 Å². The standard InChI is InChI=1S/C21H25N5O/c1-14-12-26(9-8-25(14)3)19-11-18(22-13-23-19)20-16-10-15(4-5-17(16)24-20)27-21(2)6-7-21/h4-5,10-11,13-14H,6-9,12H2,1-3H3. The number of fused-ring (bicyclic) bond motifs is 1. The molecule has 1 atom stereocenters. The number of hydrogen-bond acceptors (Lipinski definition) is 6. The van der Waals surface area contributed by atoms with Crippen LogP contribution < -0.4 is 9.64 Å². The summed E-state index contributed by atoms with van der Waals surface area (Å²) in [5.74, 6) is 1.90. The summed E-state index contributed by atoms with van der Waals surface area (Å²) >= 11 is 0. The Morgan fingerprint density at radius 2 is 2.00 bits per heavy atom. The van der Waals surface area contributed by atoms with Crippen LogP contribution in [0.5, 0.6) is 5.75 Å². The SMILES string of the molecule is CC1CN(c2cc(C3=Nc4ccc(OC5(C)CC5)cc43)ncn2)CCN1C. The third kappa shape index (κ3) is 3.08. The van der Waals surface area contributed by atoms with Gasteiger partial charge >= 0.3 is 0 Å². The molecule has 5 rings (SSSR count). The molecule has 0 bridgehead atoms. The summed E-state index contributed by atoms with van der Waals surface area (Å²) in [4.78, 5) is 18.4. The molecule has 1 saturated heterocycles. The van der Waals surface area contributed by atoms with Crippen molar-refractivity contribution in [1.82, 2.24) is 14.9 Å². The zero-order valence-electron chi connectivity index (χ0n) is 16.1. The molecule has 2 fully saturated rings. The predicted molar refractivity (Wildman–Crippen MR) is 106 cm³/mol. The lowest BCUT2D eigenvalue weighted by Crippen LogP contribution is -2.50. The molecule has 3 aliphatic rings. The lowest BCUT2D eigenvalue weighted by atomic mass is 9.98. The maximum absolute atomic E-state index is 6.11. The normalized spacial score (nSPS) is 23.3. The Hall–Kier alpha value is -2.47. The highest BCUT2D eigenvalue weighted by atomic mass is 16.5. The molecule has 140 valence electrons. The molecule has 1 saturated carbocycles. The maximum atomic E-state index is 6.11. The smallest absolute Gasteiger partial charge is 0.132 e. The van der Waals surface area contributed by atoms with Gasteiger partial charge in [-0.3, -0.25) is 0 Å². The molecule has 1 aromatic heterocycles. The van der Waals surface area contributed by atoms with Gasteiger partial charge in [-0.2, -0.15) is 0 Å². The molecule has 1 aromatic carbocycles. The van der Waals surface area contributed by atoms with E-state index in [1.165, 1.54) is 0 Å². The summed E-state index contributed by atoms with van der Waals surface area (Å²) in [7, 11) is 2.18. The molecular formula is C21H25N5O. The van der Waals surface area contributed by atoms with Crippen molar-refractivity contribution in [2.45, 2.75) is 38.3 Å². The average molecular weight is 363 g/mol. The highest BCUT2D eigenvalue weighted by Gasteiger charge is 2.40. The van der Waals surface area contributed by atoms with E-state index in [4.69, 9.17) is 4.74 Å². The lowest BCUT2D eigenvalue weighted by molar-refractivity contribution is 0.200. The summed E-state index contributed by atoms with van der Waals surface area (Å²) in [6, 6.07) is 8.72. The highest BCUT2D eigenvalue weighted by molar-refractivity contribution is 6.21. The minimum atomic E-state index is 0.0233. The fourth-order valence-corrected chi connectivity index (χ4v) is 3.66. The number of aromatic nitrogens is 2. The van der Waals surface area contributed by atoms with E-state index in [9.17, 15) is 0 Å². The second-order valence-electron chi connectivity index (χ2n) is 8.23. The number of benzene rings is 1. The first-order chi connectivity index (χ1) is 13.0. The van der Waals surface area contributed by atoms with Gasteiger partial charge in [0, 0.05) is 37.3 Å². The molecule has 2 aliphatic heterocycles. The summed E-state index contributed by atoms with van der Waals surface area (Å²) in [5, 5.41) is 0. The molecule has 0 amide bonds. The molecule has 0 spiro atoms. The molecule has 1 unspecified atom stereocenters. The number of aliphatic imine (C=N–C) groups is 1. The van der Waals surface area contributed by atoms with Gasteiger partial charge in [-0.1, -0.05) is 0 Å². The molecular weight excluding hydrogens is 338 g/mol. The predicted octanol–water partition coefficient (Wildman–Crippen LogP) is 3.03. The van der Waals surface area contributed by atoms with Gasteiger partial charge in [-0.25, -0.2) is 15.0 Å². The molecule has 6 heteroatoms. The van der Waals surface area contributed by atoms with Crippen LogP contribution in [0, 0.1) is 0 Å². The summed E-state index contributed by atoms with van der Waals surface area (Å²) in [5.41, 5.74) is 3.96. The van der Waals surface area contributed by atoms with E-state index in [1.54, 1.807) is 6.33 Å². The van der Waals surface area contributed by atoms with Crippen molar-refractivity contribution in [2.24, 2.45) is 4.99 Å². The largest absolute Gasteiger partial charge is 0.488 e. The van der Waals surface area contributed by atoms with Gasteiger partial charge < -0.3 is 14.5 Å².